The van der Waals surface area contributed by atoms with Gasteiger partial charge >= 0.3 is 0 Å². The van der Waals surface area contributed by atoms with Crippen molar-refractivity contribution >= 4 is 5.91 Å². The molecule has 0 spiro atoms. The second-order valence-corrected chi connectivity index (χ2v) is 5.90. The van der Waals surface area contributed by atoms with Gasteiger partial charge < -0.3 is 4.90 Å². The molecule has 0 radical (unpaired) electrons. The zero-order valence-corrected chi connectivity index (χ0v) is 12.6. The third-order valence-electron chi connectivity index (χ3n) is 4.09. The number of aromatic nitrogens is 2. The largest absolute Gasteiger partial charge is 0.330 e. The van der Waals surface area contributed by atoms with Gasteiger partial charge in [-0.05, 0) is 38.7 Å². The molecule has 0 aliphatic heterocycles. The summed E-state index contributed by atoms with van der Waals surface area (Å²) in [5.41, 5.74) is 4.03. The second kappa shape index (κ2) is 5.72. The average molecular weight is 283 g/mol. The van der Waals surface area contributed by atoms with E-state index in [-0.39, 0.29) is 11.9 Å². The molecule has 1 heterocycles. The number of hydrogen-bond acceptors (Lipinski definition) is 2. The molecule has 1 amide bonds. The van der Waals surface area contributed by atoms with Gasteiger partial charge in [0.25, 0.3) is 5.91 Å². The summed E-state index contributed by atoms with van der Waals surface area (Å²) >= 11 is 0. The number of aryl methyl sites for hydroxylation is 1. The van der Waals surface area contributed by atoms with E-state index < -0.39 is 0 Å². The molecule has 4 nitrogen and oxygen atoms in total. The van der Waals surface area contributed by atoms with Gasteiger partial charge in [0.05, 0.1) is 0 Å². The van der Waals surface area contributed by atoms with Crippen molar-refractivity contribution < 1.29 is 4.79 Å². The quantitative estimate of drug-likeness (QED) is 0.938. The van der Waals surface area contributed by atoms with Crippen LogP contribution in [0, 0.1) is 0 Å². The maximum absolute atomic E-state index is 12.9. The first-order valence-corrected chi connectivity index (χ1v) is 7.58. The van der Waals surface area contributed by atoms with E-state index in [0.717, 1.165) is 36.1 Å². The first kappa shape index (κ1) is 13.9. The van der Waals surface area contributed by atoms with Crippen LogP contribution in [0.1, 0.15) is 47.6 Å². The molecule has 1 aliphatic rings. The van der Waals surface area contributed by atoms with E-state index in [1.54, 1.807) is 0 Å². The molecular formula is C17H21N3O. The number of benzene rings is 1. The van der Waals surface area contributed by atoms with Crippen LogP contribution < -0.4 is 0 Å². The van der Waals surface area contributed by atoms with Crippen molar-refractivity contribution in [3.8, 4) is 0 Å². The fraction of sp³-hybridized carbons (Fsp3) is 0.412. The number of amides is 1. The highest BCUT2D eigenvalue weighted by Gasteiger charge is 2.27. The molecule has 1 aliphatic carbocycles. The summed E-state index contributed by atoms with van der Waals surface area (Å²) in [6, 6.07) is 10.3. The predicted octanol–water partition coefficient (Wildman–Crippen LogP) is 2.95. The van der Waals surface area contributed by atoms with Crippen molar-refractivity contribution in [1.29, 1.82) is 0 Å². The summed E-state index contributed by atoms with van der Waals surface area (Å²) < 4.78 is 0. The number of aromatic amines is 1. The first-order chi connectivity index (χ1) is 10.2. The molecule has 1 aromatic heterocycles. The van der Waals surface area contributed by atoms with Gasteiger partial charge in [0.15, 0.2) is 5.69 Å². The van der Waals surface area contributed by atoms with Crippen molar-refractivity contribution in [2.75, 3.05) is 0 Å². The monoisotopic (exact) mass is 283 g/mol. The summed E-state index contributed by atoms with van der Waals surface area (Å²) in [7, 11) is 0. The van der Waals surface area contributed by atoms with E-state index in [1.165, 1.54) is 0 Å². The molecule has 0 unspecified atom stereocenters. The Labute approximate surface area is 125 Å². The second-order valence-electron chi connectivity index (χ2n) is 5.90. The van der Waals surface area contributed by atoms with Crippen molar-refractivity contribution in [1.82, 2.24) is 15.1 Å². The van der Waals surface area contributed by atoms with Crippen molar-refractivity contribution in [2.24, 2.45) is 0 Å². The number of hydrogen-bond donors (Lipinski definition) is 1. The van der Waals surface area contributed by atoms with Gasteiger partial charge in [0, 0.05) is 23.8 Å². The molecule has 0 saturated carbocycles. The van der Waals surface area contributed by atoms with Crippen LogP contribution in [0.2, 0.25) is 0 Å². The molecule has 1 aromatic carbocycles. The fourth-order valence-corrected chi connectivity index (χ4v) is 2.90. The van der Waals surface area contributed by atoms with E-state index >= 15 is 0 Å². The lowest BCUT2D eigenvalue weighted by Crippen LogP contribution is -2.37. The van der Waals surface area contributed by atoms with Crippen LogP contribution in [0.25, 0.3) is 0 Å². The van der Waals surface area contributed by atoms with Crippen LogP contribution in [-0.4, -0.2) is 27.0 Å². The van der Waals surface area contributed by atoms with Crippen LogP contribution in [0.5, 0.6) is 0 Å². The van der Waals surface area contributed by atoms with E-state index in [4.69, 9.17) is 0 Å². The number of fused-ring (bicyclic) bond motifs is 1. The Bertz CT molecular complexity index is 631. The number of rotatable bonds is 4. The zero-order valence-electron chi connectivity index (χ0n) is 12.6. The van der Waals surface area contributed by atoms with Crippen molar-refractivity contribution in [3.05, 3.63) is 52.8 Å². The Morgan fingerprint density at radius 3 is 2.76 bits per heavy atom. The highest BCUT2D eigenvalue weighted by atomic mass is 16.2. The topological polar surface area (TPSA) is 49.0 Å². The lowest BCUT2D eigenvalue weighted by Gasteiger charge is -2.26. The minimum atomic E-state index is 0.0354. The number of nitrogens with one attached hydrogen (secondary N) is 1. The van der Waals surface area contributed by atoms with Gasteiger partial charge in [-0.15, -0.1) is 0 Å². The number of carbonyl (C=O) groups is 1. The van der Waals surface area contributed by atoms with Gasteiger partial charge in [-0.1, -0.05) is 30.3 Å². The van der Waals surface area contributed by atoms with E-state index in [9.17, 15) is 4.79 Å². The highest BCUT2D eigenvalue weighted by molar-refractivity contribution is 5.94. The lowest BCUT2D eigenvalue weighted by molar-refractivity contribution is 0.0683. The van der Waals surface area contributed by atoms with Gasteiger partial charge in [0.2, 0.25) is 0 Å². The molecule has 4 heteroatoms. The minimum absolute atomic E-state index is 0.0354. The van der Waals surface area contributed by atoms with Crippen LogP contribution in [0.15, 0.2) is 30.3 Å². The smallest absolute Gasteiger partial charge is 0.275 e. The van der Waals surface area contributed by atoms with Crippen LogP contribution in [0.3, 0.4) is 0 Å². The molecule has 2 aromatic rings. The van der Waals surface area contributed by atoms with E-state index in [1.807, 2.05) is 36.9 Å². The molecule has 1 N–H and O–H groups in total. The standard InChI is InChI=1S/C17H21N3O/c1-12(2)20(11-13-7-4-3-5-8-13)17(21)16-14-9-6-10-15(14)18-19-16/h3-5,7-8,12H,6,9-11H2,1-2H3,(H,18,19). The molecule has 0 fully saturated rings. The van der Waals surface area contributed by atoms with Gasteiger partial charge in [-0.3, -0.25) is 9.89 Å². The number of carbonyl (C=O) groups excluding carboxylic acids is 1. The summed E-state index contributed by atoms with van der Waals surface area (Å²) in [4.78, 5) is 14.7. The normalized spacial score (nSPS) is 13.5. The average Bonchev–Trinajstić information content (AvgIpc) is 3.07. The highest BCUT2D eigenvalue weighted by Crippen LogP contribution is 2.24. The summed E-state index contributed by atoms with van der Waals surface area (Å²) in [5.74, 6) is 0.0354. The Morgan fingerprint density at radius 2 is 2.05 bits per heavy atom. The van der Waals surface area contributed by atoms with Gasteiger partial charge in [0.1, 0.15) is 0 Å². The Hall–Kier alpha value is -2.10. The molecule has 0 atom stereocenters. The summed E-state index contributed by atoms with van der Waals surface area (Å²) in [6.07, 6.45) is 3.09. The maximum Gasteiger partial charge on any atom is 0.275 e. The molecule has 0 saturated heterocycles. The molecule has 21 heavy (non-hydrogen) atoms. The predicted molar refractivity (Wildman–Crippen MR) is 82.1 cm³/mol. The first-order valence-electron chi connectivity index (χ1n) is 7.58. The van der Waals surface area contributed by atoms with Crippen LogP contribution in [0.4, 0.5) is 0 Å². The third kappa shape index (κ3) is 2.71. The fourth-order valence-electron chi connectivity index (χ4n) is 2.90. The Balaban J connectivity index is 1.85. The molecule has 110 valence electrons. The summed E-state index contributed by atoms with van der Waals surface area (Å²) in [5, 5.41) is 7.29. The van der Waals surface area contributed by atoms with E-state index in [0.29, 0.717) is 12.2 Å². The Kier molecular flexibility index (Phi) is 3.78. The molecule has 3 rings (SSSR count). The van der Waals surface area contributed by atoms with Crippen LogP contribution >= 0.6 is 0 Å². The maximum atomic E-state index is 12.9. The minimum Gasteiger partial charge on any atom is -0.330 e. The zero-order chi connectivity index (χ0) is 14.8. The molecule has 0 bridgehead atoms. The van der Waals surface area contributed by atoms with Gasteiger partial charge in [-0.25, -0.2) is 0 Å². The number of nitrogens with zero attached hydrogens (tertiary/aromatic N) is 2. The van der Waals surface area contributed by atoms with Gasteiger partial charge in [-0.2, -0.15) is 5.10 Å². The lowest BCUT2D eigenvalue weighted by atomic mass is 10.1. The van der Waals surface area contributed by atoms with Crippen molar-refractivity contribution in [2.45, 2.75) is 45.7 Å². The van der Waals surface area contributed by atoms with E-state index in [2.05, 4.69) is 22.3 Å². The van der Waals surface area contributed by atoms with Crippen molar-refractivity contribution in [3.63, 3.8) is 0 Å². The molecular weight excluding hydrogens is 262 g/mol. The summed E-state index contributed by atoms with van der Waals surface area (Å²) in [6.45, 7) is 4.72. The van der Waals surface area contributed by atoms with Crippen LogP contribution in [-0.2, 0) is 19.4 Å². The third-order valence-corrected chi connectivity index (χ3v) is 4.09. The Morgan fingerprint density at radius 1 is 1.29 bits per heavy atom. The SMILES string of the molecule is CC(C)N(Cc1ccccc1)C(=O)c1n[nH]c2c1CCC2. The number of H-pyrrole nitrogens is 1.